The van der Waals surface area contributed by atoms with Crippen LogP contribution in [0.15, 0.2) is 16.7 Å². The highest BCUT2D eigenvalue weighted by Crippen LogP contribution is 2.22. The van der Waals surface area contributed by atoms with Crippen molar-refractivity contribution in [2.75, 3.05) is 26.2 Å². The van der Waals surface area contributed by atoms with Crippen molar-refractivity contribution in [3.8, 4) is 0 Å². The minimum Gasteiger partial charge on any atom is -0.351 e. The molecule has 0 aliphatic rings. The van der Waals surface area contributed by atoms with Crippen LogP contribution in [0.4, 0.5) is 0 Å². The standard InChI is InChI=1S/C18H27BrN4O/c1-5-22(6-2)10-8-7-9-20-18(24)16-14(4)21-17-15(19)11-13(3)12-23(16)17/h11-12H,5-10H2,1-4H3,(H,20,24). The molecule has 0 atom stereocenters. The molecule has 0 aliphatic heterocycles. The quantitative estimate of drug-likeness (QED) is 0.696. The van der Waals surface area contributed by atoms with Gasteiger partial charge in [0.2, 0.25) is 0 Å². The van der Waals surface area contributed by atoms with Crippen LogP contribution in [0.2, 0.25) is 0 Å². The normalized spacial score (nSPS) is 11.4. The van der Waals surface area contributed by atoms with E-state index in [0.717, 1.165) is 53.9 Å². The van der Waals surface area contributed by atoms with Gasteiger partial charge in [0.1, 0.15) is 5.69 Å². The maximum absolute atomic E-state index is 12.6. The minimum absolute atomic E-state index is 0.0552. The zero-order chi connectivity index (χ0) is 17.7. The van der Waals surface area contributed by atoms with Gasteiger partial charge in [-0.15, -0.1) is 0 Å². The van der Waals surface area contributed by atoms with Crippen LogP contribution in [-0.4, -0.2) is 46.4 Å². The molecule has 0 radical (unpaired) electrons. The molecule has 2 aromatic heterocycles. The average molecular weight is 395 g/mol. The van der Waals surface area contributed by atoms with Crippen molar-refractivity contribution in [2.45, 2.75) is 40.5 Å². The number of halogens is 1. The Morgan fingerprint density at radius 2 is 2.00 bits per heavy atom. The fourth-order valence-electron chi connectivity index (χ4n) is 2.90. The van der Waals surface area contributed by atoms with Gasteiger partial charge in [-0.3, -0.25) is 9.20 Å². The second-order valence-electron chi connectivity index (χ2n) is 6.09. The molecule has 2 heterocycles. The number of nitrogens with zero attached hydrogens (tertiary/aromatic N) is 3. The topological polar surface area (TPSA) is 49.6 Å². The van der Waals surface area contributed by atoms with Crippen molar-refractivity contribution in [3.63, 3.8) is 0 Å². The highest BCUT2D eigenvalue weighted by atomic mass is 79.9. The fourth-order valence-corrected chi connectivity index (χ4v) is 3.55. The Balaban J connectivity index is 1.98. The van der Waals surface area contributed by atoms with Gasteiger partial charge in [0.15, 0.2) is 5.65 Å². The summed E-state index contributed by atoms with van der Waals surface area (Å²) in [6, 6.07) is 2.01. The number of nitrogens with one attached hydrogen (secondary N) is 1. The van der Waals surface area contributed by atoms with Crippen LogP contribution < -0.4 is 5.32 Å². The second-order valence-corrected chi connectivity index (χ2v) is 6.95. The minimum atomic E-state index is -0.0552. The van der Waals surface area contributed by atoms with Crippen molar-refractivity contribution in [1.82, 2.24) is 19.6 Å². The lowest BCUT2D eigenvalue weighted by Crippen LogP contribution is -2.28. The lowest BCUT2D eigenvalue weighted by Gasteiger charge is -2.17. The molecule has 5 nitrogen and oxygen atoms in total. The molecule has 2 rings (SSSR count). The molecule has 6 heteroatoms. The first kappa shape index (κ1) is 18.9. The van der Waals surface area contributed by atoms with Crippen LogP contribution in [0.1, 0.15) is 48.4 Å². The van der Waals surface area contributed by atoms with Gasteiger partial charge in [-0.1, -0.05) is 13.8 Å². The number of imidazole rings is 1. The second kappa shape index (κ2) is 8.62. The molecule has 0 bridgehead atoms. The molecule has 1 N–H and O–H groups in total. The lowest BCUT2D eigenvalue weighted by atomic mass is 10.2. The van der Waals surface area contributed by atoms with Crippen LogP contribution in [0, 0.1) is 13.8 Å². The predicted octanol–water partition coefficient (Wildman–Crippen LogP) is 3.57. The summed E-state index contributed by atoms with van der Waals surface area (Å²) in [6.45, 7) is 12.2. The smallest absolute Gasteiger partial charge is 0.270 e. The van der Waals surface area contributed by atoms with Gasteiger partial charge in [-0.25, -0.2) is 4.98 Å². The van der Waals surface area contributed by atoms with Gasteiger partial charge in [-0.05, 0) is 73.9 Å². The Bertz CT molecular complexity index is 707. The van der Waals surface area contributed by atoms with Crippen molar-refractivity contribution in [2.24, 2.45) is 0 Å². The summed E-state index contributed by atoms with van der Waals surface area (Å²) in [6.07, 6.45) is 4.04. The molecule has 24 heavy (non-hydrogen) atoms. The van der Waals surface area contributed by atoms with Crippen LogP contribution in [0.25, 0.3) is 5.65 Å². The summed E-state index contributed by atoms with van der Waals surface area (Å²) in [4.78, 5) is 19.5. The number of carbonyl (C=O) groups is 1. The molecule has 0 unspecified atom stereocenters. The molecular weight excluding hydrogens is 368 g/mol. The maximum Gasteiger partial charge on any atom is 0.270 e. The van der Waals surface area contributed by atoms with Crippen LogP contribution in [-0.2, 0) is 0 Å². The number of hydrogen-bond donors (Lipinski definition) is 1. The highest BCUT2D eigenvalue weighted by molar-refractivity contribution is 9.10. The largest absolute Gasteiger partial charge is 0.351 e. The van der Waals surface area contributed by atoms with E-state index >= 15 is 0 Å². The van der Waals surface area contributed by atoms with Crippen molar-refractivity contribution >= 4 is 27.5 Å². The van der Waals surface area contributed by atoms with E-state index in [4.69, 9.17) is 0 Å². The zero-order valence-corrected chi connectivity index (χ0v) is 16.6. The first-order valence-corrected chi connectivity index (χ1v) is 9.42. The fraction of sp³-hybridized carbons (Fsp3) is 0.556. The van der Waals surface area contributed by atoms with Gasteiger partial charge >= 0.3 is 0 Å². The number of unbranched alkanes of at least 4 members (excludes halogenated alkanes) is 1. The van der Waals surface area contributed by atoms with E-state index < -0.39 is 0 Å². The van der Waals surface area contributed by atoms with Gasteiger partial charge in [-0.2, -0.15) is 0 Å². The van der Waals surface area contributed by atoms with Gasteiger partial charge in [0.25, 0.3) is 5.91 Å². The number of aryl methyl sites for hydroxylation is 2. The predicted molar refractivity (Wildman–Crippen MR) is 102 cm³/mol. The van der Waals surface area contributed by atoms with E-state index in [1.54, 1.807) is 0 Å². The van der Waals surface area contributed by atoms with Crippen LogP contribution in [0.5, 0.6) is 0 Å². The van der Waals surface area contributed by atoms with Crippen molar-refractivity contribution < 1.29 is 4.79 Å². The summed E-state index contributed by atoms with van der Waals surface area (Å²) in [5.74, 6) is -0.0552. The average Bonchev–Trinajstić information content (AvgIpc) is 2.87. The number of carbonyl (C=O) groups excluding carboxylic acids is 1. The molecular formula is C18H27BrN4O. The first-order chi connectivity index (χ1) is 11.5. The molecule has 0 aromatic carbocycles. The summed E-state index contributed by atoms with van der Waals surface area (Å²) in [7, 11) is 0. The molecule has 0 aliphatic carbocycles. The summed E-state index contributed by atoms with van der Waals surface area (Å²) in [5.41, 5.74) is 3.24. The van der Waals surface area contributed by atoms with Gasteiger partial charge in [0, 0.05) is 12.7 Å². The van der Waals surface area contributed by atoms with E-state index in [1.165, 1.54) is 0 Å². The van der Waals surface area contributed by atoms with Crippen molar-refractivity contribution in [3.05, 3.63) is 33.7 Å². The zero-order valence-electron chi connectivity index (χ0n) is 15.0. The SMILES string of the molecule is CCN(CC)CCCCNC(=O)c1c(C)nc2c(Br)cc(C)cn12. The Morgan fingerprint density at radius 1 is 1.29 bits per heavy atom. The van der Waals surface area contributed by atoms with E-state index in [9.17, 15) is 4.79 Å². The Morgan fingerprint density at radius 3 is 2.67 bits per heavy atom. The number of amides is 1. The van der Waals surface area contributed by atoms with E-state index in [2.05, 4.69) is 45.0 Å². The highest BCUT2D eigenvalue weighted by Gasteiger charge is 2.17. The van der Waals surface area contributed by atoms with Gasteiger partial charge in [0.05, 0.1) is 10.2 Å². The number of aromatic nitrogens is 2. The Kier molecular flexibility index (Phi) is 6.80. The van der Waals surface area contributed by atoms with E-state index in [0.29, 0.717) is 12.2 Å². The molecule has 0 spiro atoms. The Hall–Kier alpha value is -1.40. The van der Waals surface area contributed by atoms with Crippen LogP contribution >= 0.6 is 15.9 Å². The molecule has 132 valence electrons. The molecule has 0 fully saturated rings. The number of pyridine rings is 1. The molecule has 0 saturated heterocycles. The van der Waals surface area contributed by atoms with Gasteiger partial charge < -0.3 is 10.2 Å². The van der Waals surface area contributed by atoms with Crippen LogP contribution in [0.3, 0.4) is 0 Å². The molecule has 1 amide bonds. The summed E-state index contributed by atoms with van der Waals surface area (Å²) < 4.78 is 2.78. The third kappa shape index (κ3) is 4.36. The van der Waals surface area contributed by atoms with Crippen molar-refractivity contribution in [1.29, 1.82) is 0 Å². The monoisotopic (exact) mass is 394 g/mol. The third-order valence-corrected chi connectivity index (χ3v) is 4.87. The number of hydrogen-bond acceptors (Lipinski definition) is 3. The maximum atomic E-state index is 12.6. The summed E-state index contributed by atoms with van der Waals surface area (Å²) in [5, 5.41) is 3.03. The Labute approximate surface area is 152 Å². The molecule has 2 aromatic rings. The molecule has 0 saturated carbocycles. The lowest BCUT2D eigenvalue weighted by molar-refractivity contribution is 0.0946. The number of fused-ring (bicyclic) bond motifs is 1. The summed E-state index contributed by atoms with van der Waals surface area (Å²) >= 11 is 3.52. The first-order valence-electron chi connectivity index (χ1n) is 8.63. The number of rotatable bonds is 8. The third-order valence-electron chi connectivity index (χ3n) is 4.28. The van der Waals surface area contributed by atoms with E-state index in [1.807, 2.05) is 30.5 Å². The van der Waals surface area contributed by atoms with E-state index in [-0.39, 0.29) is 5.91 Å².